The molecule has 0 radical (unpaired) electrons. The van der Waals surface area contributed by atoms with Crippen molar-refractivity contribution in [2.24, 2.45) is 0 Å². The minimum absolute atomic E-state index is 0.0274. The van der Waals surface area contributed by atoms with Crippen LogP contribution in [0.2, 0.25) is 0 Å². The number of rotatable bonds is 5. The van der Waals surface area contributed by atoms with Gasteiger partial charge in [-0.1, -0.05) is 54.6 Å². The average molecular weight is 367 g/mol. The molecule has 2 aromatic rings. The first-order valence-electron chi connectivity index (χ1n) is 9.00. The smallest absolute Gasteiger partial charge is 0.314 e. The average Bonchev–Trinajstić information content (AvgIpc) is 2.70. The first-order chi connectivity index (χ1) is 13.0. The van der Waals surface area contributed by atoms with Crippen LogP contribution in [-0.4, -0.2) is 35.0 Å². The first-order valence-corrected chi connectivity index (χ1v) is 9.00. The summed E-state index contributed by atoms with van der Waals surface area (Å²) in [5.41, 5.74) is 0.694. The van der Waals surface area contributed by atoms with Crippen molar-refractivity contribution in [3.8, 4) is 0 Å². The van der Waals surface area contributed by atoms with Gasteiger partial charge in [0, 0.05) is 19.5 Å². The third-order valence-corrected chi connectivity index (χ3v) is 5.18. The second kappa shape index (κ2) is 8.16. The zero-order valence-corrected chi connectivity index (χ0v) is 15.0. The highest BCUT2D eigenvalue weighted by molar-refractivity contribution is 5.83. The van der Waals surface area contributed by atoms with Gasteiger partial charge in [-0.25, -0.2) is 4.39 Å². The highest BCUT2D eigenvalue weighted by Crippen LogP contribution is 2.36. The molecule has 1 fully saturated rings. The molecule has 0 unspecified atom stereocenters. The van der Waals surface area contributed by atoms with Gasteiger partial charge in [-0.2, -0.15) is 0 Å². The molecule has 0 aliphatic carbocycles. The molecule has 0 bridgehead atoms. The van der Waals surface area contributed by atoms with Gasteiger partial charge in [0.05, 0.1) is 5.41 Å². The van der Waals surface area contributed by atoms with Gasteiger partial charge < -0.3 is 10.0 Å². The predicted octanol–water partition coefficient (Wildman–Crippen LogP) is 3.87. The number of piperidine rings is 1. The summed E-state index contributed by atoms with van der Waals surface area (Å²) in [7, 11) is 0. The van der Waals surface area contributed by atoms with Gasteiger partial charge in [-0.3, -0.25) is 9.59 Å². The van der Waals surface area contributed by atoms with Crippen LogP contribution in [0.3, 0.4) is 0 Å². The van der Waals surface area contributed by atoms with Crippen LogP contribution in [0.4, 0.5) is 4.39 Å². The number of likely N-dealkylation sites (tertiary alicyclic amines) is 1. The van der Waals surface area contributed by atoms with Gasteiger partial charge in [0.25, 0.3) is 0 Å². The molecular weight excluding hydrogens is 345 g/mol. The molecule has 1 amide bonds. The normalized spacial score (nSPS) is 16.4. The van der Waals surface area contributed by atoms with Gasteiger partial charge in [0.2, 0.25) is 5.91 Å². The van der Waals surface area contributed by atoms with E-state index >= 15 is 0 Å². The highest BCUT2D eigenvalue weighted by Gasteiger charge is 2.43. The molecule has 4 nitrogen and oxygen atoms in total. The topological polar surface area (TPSA) is 57.6 Å². The molecular formula is C22H22FNO3. The summed E-state index contributed by atoms with van der Waals surface area (Å²) in [6, 6.07) is 15.3. The van der Waals surface area contributed by atoms with Crippen LogP contribution in [0, 0.1) is 5.82 Å². The summed E-state index contributed by atoms with van der Waals surface area (Å²) < 4.78 is 12.9. The van der Waals surface area contributed by atoms with Gasteiger partial charge in [0.15, 0.2) is 0 Å². The van der Waals surface area contributed by atoms with Crippen molar-refractivity contribution in [2.45, 2.75) is 24.7 Å². The fraction of sp³-hybridized carbons (Fsp3) is 0.273. The van der Waals surface area contributed by atoms with E-state index in [2.05, 4.69) is 0 Å². The first kappa shape index (κ1) is 18.8. The Labute approximate surface area is 157 Å². The Kier molecular flexibility index (Phi) is 5.69. The van der Waals surface area contributed by atoms with Crippen molar-refractivity contribution >= 4 is 18.0 Å². The molecule has 0 spiro atoms. The van der Waals surface area contributed by atoms with Crippen LogP contribution in [0.15, 0.2) is 60.7 Å². The zero-order valence-electron chi connectivity index (χ0n) is 15.0. The van der Waals surface area contributed by atoms with Crippen LogP contribution in [-0.2, 0) is 15.0 Å². The lowest BCUT2D eigenvalue weighted by Gasteiger charge is -2.39. The molecule has 0 aromatic heterocycles. The standard InChI is InChI=1S/C22H22FNO3/c23-19-11-9-17(10-12-19)5-4-8-20(25)24-15-13-22(14-16-24,21(26)27)18-6-2-1-3-7-18/h1-7,9-12H,8,13-16H2,(H,26,27)/b5-4+. The maximum Gasteiger partial charge on any atom is 0.314 e. The Morgan fingerprint density at radius 2 is 1.67 bits per heavy atom. The zero-order chi connectivity index (χ0) is 19.3. The lowest BCUT2D eigenvalue weighted by atomic mass is 9.73. The van der Waals surface area contributed by atoms with Gasteiger partial charge >= 0.3 is 5.97 Å². The number of carbonyl (C=O) groups is 2. The van der Waals surface area contributed by atoms with Crippen molar-refractivity contribution < 1.29 is 19.1 Å². The van der Waals surface area contributed by atoms with Crippen molar-refractivity contribution in [3.05, 3.63) is 77.6 Å². The second-order valence-electron chi connectivity index (χ2n) is 6.79. The van der Waals surface area contributed by atoms with Crippen molar-refractivity contribution in [3.63, 3.8) is 0 Å². The second-order valence-corrected chi connectivity index (χ2v) is 6.79. The summed E-state index contributed by atoms with van der Waals surface area (Å²) >= 11 is 0. The fourth-order valence-corrected chi connectivity index (χ4v) is 3.52. The lowest BCUT2D eigenvalue weighted by molar-refractivity contribution is -0.148. The summed E-state index contributed by atoms with van der Waals surface area (Å²) in [5, 5.41) is 9.81. The van der Waals surface area contributed by atoms with Crippen LogP contribution in [0.5, 0.6) is 0 Å². The highest BCUT2D eigenvalue weighted by atomic mass is 19.1. The number of benzene rings is 2. The molecule has 0 atom stereocenters. The van der Waals surface area contributed by atoms with Gasteiger partial charge in [-0.05, 0) is 36.1 Å². The van der Waals surface area contributed by atoms with E-state index in [1.165, 1.54) is 12.1 Å². The van der Waals surface area contributed by atoms with Crippen LogP contribution < -0.4 is 0 Å². The van der Waals surface area contributed by atoms with Gasteiger partial charge in [0.1, 0.15) is 5.82 Å². The van der Waals surface area contributed by atoms with E-state index in [0.29, 0.717) is 25.9 Å². The minimum atomic E-state index is -0.929. The van der Waals surface area contributed by atoms with E-state index < -0.39 is 11.4 Å². The minimum Gasteiger partial charge on any atom is -0.481 e. The van der Waals surface area contributed by atoms with E-state index in [9.17, 15) is 19.1 Å². The molecule has 1 aliphatic rings. The quantitative estimate of drug-likeness (QED) is 0.873. The maximum atomic E-state index is 12.9. The molecule has 1 saturated heterocycles. The summed E-state index contributed by atoms with van der Waals surface area (Å²) in [4.78, 5) is 26.1. The molecule has 140 valence electrons. The number of hydrogen-bond donors (Lipinski definition) is 1. The third kappa shape index (κ3) is 4.25. The SMILES string of the molecule is O=C(C/C=C/c1ccc(F)cc1)N1CCC(C(=O)O)(c2ccccc2)CC1. The fourth-order valence-electron chi connectivity index (χ4n) is 3.52. The Bertz CT molecular complexity index is 822. The Morgan fingerprint density at radius 1 is 1.04 bits per heavy atom. The summed E-state index contributed by atoms with van der Waals surface area (Å²) in [5.74, 6) is -1.16. The van der Waals surface area contributed by atoms with E-state index in [0.717, 1.165) is 11.1 Å². The maximum absolute atomic E-state index is 12.9. The third-order valence-electron chi connectivity index (χ3n) is 5.18. The summed E-state index contributed by atoms with van der Waals surface area (Å²) in [6.07, 6.45) is 4.58. The number of amides is 1. The number of halogens is 1. The Morgan fingerprint density at radius 3 is 2.26 bits per heavy atom. The number of aliphatic carboxylic acids is 1. The van der Waals surface area contributed by atoms with Crippen molar-refractivity contribution in [1.29, 1.82) is 0 Å². The number of carboxylic acids is 1. The molecule has 2 aromatic carbocycles. The van der Waals surface area contributed by atoms with E-state index in [1.807, 2.05) is 30.3 Å². The molecule has 27 heavy (non-hydrogen) atoms. The van der Waals surface area contributed by atoms with Crippen molar-refractivity contribution in [2.75, 3.05) is 13.1 Å². The van der Waals surface area contributed by atoms with Crippen molar-refractivity contribution in [1.82, 2.24) is 4.90 Å². The van der Waals surface area contributed by atoms with Crippen LogP contribution in [0.1, 0.15) is 30.4 Å². The van der Waals surface area contributed by atoms with Crippen LogP contribution >= 0.6 is 0 Å². The molecule has 0 saturated carbocycles. The van der Waals surface area contributed by atoms with E-state index in [-0.39, 0.29) is 18.1 Å². The summed E-state index contributed by atoms with van der Waals surface area (Å²) in [6.45, 7) is 0.842. The molecule has 1 heterocycles. The molecule has 1 aliphatic heterocycles. The Hall–Kier alpha value is -2.95. The largest absolute Gasteiger partial charge is 0.481 e. The predicted molar refractivity (Wildman–Crippen MR) is 102 cm³/mol. The van der Waals surface area contributed by atoms with Gasteiger partial charge in [-0.15, -0.1) is 0 Å². The van der Waals surface area contributed by atoms with E-state index in [1.54, 1.807) is 29.2 Å². The number of carboxylic acid groups (broad SMARTS) is 1. The number of nitrogens with zero attached hydrogens (tertiary/aromatic N) is 1. The molecule has 5 heteroatoms. The monoisotopic (exact) mass is 367 g/mol. The molecule has 3 rings (SSSR count). The van der Waals surface area contributed by atoms with Crippen LogP contribution in [0.25, 0.3) is 6.08 Å². The Balaban J connectivity index is 1.60. The lowest BCUT2D eigenvalue weighted by Crippen LogP contribution is -2.49. The number of hydrogen-bond acceptors (Lipinski definition) is 2. The number of carbonyl (C=O) groups excluding carboxylic acids is 1. The van der Waals surface area contributed by atoms with E-state index in [4.69, 9.17) is 0 Å². The molecule has 1 N–H and O–H groups in total.